The molecule has 0 atom stereocenters. The van der Waals surface area contributed by atoms with E-state index in [1.54, 1.807) is 43.5 Å². The number of imidazole rings is 1. The lowest BCUT2D eigenvalue weighted by Crippen LogP contribution is -2.17. The molecule has 8 heteroatoms. The van der Waals surface area contributed by atoms with Gasteiger partial charge in [-0.2, -0.15) is 5.10 Å². The van der Waals surface area contributed by atoms with Crippen molar-refractivity contribution in [2.75, 3.05) is 7.11 Å². The maximum Gasteiger partial charge on any atom is 0.271 e. The van der Waals surface area contributed by atoms with E-state index in [2.05, 4.69) is 20.5 Å². The molecule has 0 unspecified atom stereocenters. The van der Waals surface area contributed by atoms with Gasteiger partial charge in [0.1, 0.15) is 11.6 Å². The van der Waals surface area contributed by atoms with Gasteiger partial charge in [-0.3, -0.25) is 4.79 Å². The molecule has 3 aromatic carbocycles. The van der Waals surface area contributed by atoms with Crippen molar-refractivity contribution in [2.45, 2.75) is 6.42 Å². The van der Waals surface area contributed by atoms with Crippen LogP contribution in [0.1, 0.15) is 27.3 Å². The molecule has 1 heterocycles. The number of fused-ring (bicyclic) bond motifs is 1. The van der Waals surface area contributed by atoms with E-state index in [9.17, 15) is 4.79 Å². The Hall–Kier alpha value is -3.35. The quantitative estimate of drug-likeness (QED) is 0.310. The Balaban J connectivity index is 1.45. The van der Waals surface area contributed by atoms with Crippen LogP contribution in [0.2, 0.25) is 10.0 Å². The number of hydrazone groups is 1. The number of methoxy groups -OCH3 is 1. The van der Waals surface area contributed by atoms with Crippen molar-refractivity contribution in [3.8, 4) is 5.75 Å². The van der Waals surface area contributed by atoms with Gasteiger partial charge in [-0.05, 0) is 48.0 Å². The summed E-state index contributed by atoms with van der Waals surface area (Å²) in [6.07, 6.45) is 2.12. The van der Waals surface area contributed by atoms with E-state index < -0.39 is 0 Å². The van der Waals surface area contributed by atoms with Crippen LogP contribution in [0, 0.1) is 0 Å². The predicted octanol–water partition coefficient (Wildman–Crippen LogP) is 5.23. The number of halogens is 2. The molecule has 4 rings (SSSR count). The molecule has 0 fully saturated rings. The second kappa shape index (κ2) is 9.20. The number of carbonyl (C=O) groups excluding carboxylic acids is 1. The van der Waals surface area contributed by atoms with Gasteiger partial charge in [0.05, 0.1) is 29.4 Å². The van der Waals surface area contributed by atoms with Crippen molar-refractivity contribution in [3.63, 3.8) is 0 Å². The average Bonchev–Trinajstić information content (AvgIpc) is 3.17. The molecule has 0 bridgehead atoms. The molecular formula is C23H18Cl2N4O2. The first-order valence-corrected chi connectivity index (χ1v) is 10.2. The summed E-state index contributed by atoms with van der Waals surface area (Å²) in [7, 11) is 1.64. The van der Waals surface area contributed by atoms with E-state index >= 15 is 0 Å². The fourth-order valence-electron chi connectivity index (χ4n) is 3.06. The number of amides is 1. The second-order valence-corrected chi connectivity index (χ2v) is 7.65. The molecule has 1 amide bonds. The van der Waals surface area contributed by atoms with Gasteiger partial charge in [0, 0.05) is 22.6 Å². The van der Waals surface area contributed by atoms with Crippen LogP contribution in [0.4, 0.5) is 0 Å². The number of aromatic amines is 1. The van der Waals surface area contributed by atoms with Crippen molar-refractivity contribution in [1.29, 1.82) is 0 Å². The zero-order valence-corrected chi connectivity index (χ0v) is 18.0. The van der Waals surface area contributed by atoms with E-state index in [0.29, 0.717) is 27.6 Å². The monoisotopic (exact) mass is 452 g/mol. The van der Waals surface area contributed by atoms with E-state index in [0.717, 1.165) is 28.2 Å². The van der Waals surface area contributed by atoms with Gasteiger partial charge >= 0.3 is 0 Å². The maximum atomic E-state index is 12.5. The molecule has 2 N–H and O–H groups in total. The minimum Gasteiger partial charge on any atom is -0.497 e. The molecule has 4 aromatic rings. The Morgan fingerprint density at radius 3 is 2.68 bits per heavy atom. The number of benzene rings is 3. The highest BCUT2D eigenvalue weighted by Gasteiger charge is 2.09. The molecule has 0 radical (unpaired) electrons. The summed E-state index contributed by atoms with van der Waals surface area (Å²) in [5, 5.41) is 4.96. The van der Waals surface area contributed by atoms with Crippen molar-refractivity contribution >= 4 is 46.4 Å². The third-order valence-corrected chi connectivity index (χ3v) is 5.22. The summed E-state index contributed by atoms with van der Waals surface area (Å²) < 4.78 is 5.18. The SMILES string of the molecule is COc1ccc(Cc2nc3ccc(C(=O)N/N=C\c4ccc(Cl)cc4Cl)cc3[nH]2)cc1. The number of H-pyrrole nitrogens is 1. The van der Waals surface area contributed by atoms with E-state index in [-0.39, 0.29) is 5.91 Å². The molecule has 0 spiro atoms. The van der Waals surface area contributed by atoms with Crippen LogP contribution in [0.3, 0.4) is 0 Å². The number of nitrogens with zero attached hydrogens (tertiary/aromatic N) is 2. The Morgan fingerprint density at radius 2 is 1.94 bits per heavy atom. The van der Waals surface area contributed by atoms with Gasteiger partial charge in [0.25, 0.3) is 5.91 Å². The topological polar surface area (TPSA) is 79.4 Å². The zero-order chi connectivity index (χ0) is 21.8. The molecular weight excluding hydrogens is 435 g/mol. The minimum atomic E-state index is -0.338. The number of nitrogens with one attached hydrogen (secondary N) is 2. The highest BCUT2D eigenvalue weighted by atomic mass is 35.5. The Morgan fingerprint density at radius 1 is 1.13 bits per heavy atom. The van der Waals surface area contributed by atoms with Gasteiger partial charge in [0.15, 0.2) is 0 Å². The Kier molecular flexibility index (Phi) is 6.21. The van der Waals surface area contributed by atoms with Gasteiger partial charge in [-0.1, -0.05) is 41.4 Å². The number of ether oxygens (including phenoxy) is 1. The first-order valence-electron chi connectivity index (χ1n) is 9.42. The van der Waals surface area contributed by atoms with Crippen LogP contribution in [0.15, 0.2) is 65.8 Å². The van der Waals surface area contributed by atoms with Gasteiger partial charge in [-0.15, -0.1) is 0 Å². The van der Waals surface area contributed by atoms with Crippen LogP contribution in [-0.2, 0) is 6.42 Å². The molecule has 0 saturated carbocycles. The summed E-state index contributed by atoms with van der Waals surface area (Å²) in [6, 6.07) is 18.1. The van der Waals surface area contributed by atoms with Crippen LogP contribution < -0.4 is 10.2 Å². The second-order valence-electron chi connectivity index (χ2n) is 6.81. The van der Waals surface area contributed by atoms with Gasteiger partial charge in [0.2, 0.25) is 0 Å². The summed E-state index contributed by atoms with van der Waals surface area (Å²) in [4.78, 5) is 20.3. The molecule has 0 aliphatic carbocycles. The predicted molar refractivity (Wildman–Crippen MR) is 123 cm³/mol. The van der Waals surface area contributed by atoms with E-state index in [1.807, 2.05) is 24.3 Å². The maximum absolute atomic E-state index is 12.5. The standard InChI is InChI=1S/C23H18Cl2N4O2/c1-31-18-7-2-14(3-8-18)10-22-27-20-9-5-15(11-21(20)28-22)23(30)29-26-13-16-4-6-17(24)12-19(16)25/h2-9,11-13H,10H2,1H3,(H,27,28)(H,29,30)/b26-13-. The first-order chi connectivity index (χ1) is 15.0. The third kappa shape index (κ3) is 5.05. The highest BCUT2D eigenvalue weighted by Crippen LogP contribution is 2.20. The van der Waals surface area contributed by atoms with Gasteiger partial charge < -0.3 is 9.72 Å². The molecule has 1 aromatic heterocycles. The van der Waals surface area contributed by atoms with Crippen molar-refractivity contribution < 1.29 is 9.53 Å². The summed E-state index contributed by atoms with van der Waals surface area (Å²) >= 11 is 12.0. The van der Waals surface area contributed by atoms with Crippen molar-refractivity contribution in [1.82, 2.24) is 15.4 Å². The number of aromatic nitrogens is 2. The fourth-order valence-corrected chi connectivity index (χ4v) is 3.51. The highest BCUT2D eigenvalue weighted by molar-refractivity contribution is 6.36. The number of carbonyl (C=O) groups is 1. The third-order valence-electron chi connectivity index (χ3n) is 4.66. The molecule has 6 nitrogen and oxygen atoms in total. The number of hydrogen-bond acceptors (Lipinski definition) is 4. The summed E-state index contributed by atoms with van der Waals surface area (Å²) in [5.74, 6) is 1.28. The molecule has 156 valence electrons. The number of rotatable bonds is 6. The molecule has 0 aliphatic heterocycles. The zero-order valence-electron chi connectivity index (χ0n) is 16.5. The van der Waals surface area contributed by atoms with Crippen LogP contribution >= 0.6 is 23.2 Å². The van der Waals surface area contributed by atoms with Crippen LogP contribution in [0.25, 0.3) is 11.0 Å². The van der Waals surface area contributed by atoms with Crippen molar-refractivity contribution in [2.24, 2.45) is 5.10 Å². The Labute approximate surface area is 188 Å². The van der Waals surface area contributed by atoms with Crippen LogP contribution in [-0.4, -0.2) is 29.2 Å². The largest absolute Gasteiger partial charge is 0.497 e. The number of hydrogen-bond donors (Lipinski definition) is 2. The molecule has 0 aliphatic rings. The fraction of sp³-hybridized carbons (Fsp3) is 0.0870. The average molecular weight is 453 g/mol. The summed E-state index contributed by atoms with van der Waals surface area (Å²) in [6.45, 7) is 0. The summed E-state index contributed by atoms with van der Waals surface area (Å²) in [5.41, 5.74) is 6.29. The molecule has 31 heavy (non-hydrogen) atoms. The Bertz CT molecular complexity index is 1270. The minimum absolute atomic E-state index is 0.338. The van der Waals surface area contributed by atoms with Gasteiger partial charge in [-0.25, -0.2) is 10.4 Å². The smallest absolute Gasteiger partial charge is 0.271 e. The van der Waals surface area contributed by atoms with Crippen LogP contribution in [0.5, 0.6) is 5.75 Å². The lowest BCUT2D eigenvalue weighted by molar-refractivity contribution is 0.0955. The van der Waals surface area contributed by atoms with E-state index in [1.165, 1.54) is 6.21 Å². The normalized spacial score (nSPS) is 11.2. The molecule has 0 saturated heterocycles. The first kappa shape index (κ1) is 20.9. The van der Waals surface area contributed by atoms with E-state index in [4.69, 9.17) is 27.9 Å². The lowest BCUT2D eigenvalue weighted by Gasteiger charge is -2.01. The lowest BCUT2D eigenvalue weighted by atomic mass is 10.1. The van der Waals surface area contributed by atoms with Crippen molar-refractivity contribution in [3.05, 3.63) is 93.2 Å².